The monoisotopic (exact) mass is 400 g/mol. The third-order valence-electron chi connectivity index (χ3n) is 4.84. The zero-order chi connectivity index (χ0) is 20.6. The molecular weight excluding hydrogens is 372 g/mol. The second kappa shape index (κ2) is 10.2. The second-order valence-electron chi connectivity index (χ2n) is 7.10. The van der Waals surface area contributed by atoms with Crippen LogP contribution >= 0.6 is 0 Å². The van der Waals surface area contributed by atoms with Gasteiger partial charge in [-0.15, -0.1) is 0 Å². The molecule has 1 aromatic heterocycles. The number of imidazole rings is 1. The lowest BCUT2D eigenvalue weighted by Crippen LogP contribution is -2.22. The maximum absolute atomic E-state index is 11.7. The molecule has 0 spiro atoms. The molecule has 1 aliphatic heterocycles. The summed E-state index contributed by atoms with van der Waals surface area (Å²) in [6.07, 6.45) is 9.32. The number of carbonyl (C=O) groups is 1. The van der Waals surface area contributed by atoms with Crippen LogP contribution in [0.15, 0.2) is 36.3 Å². The summed E-state index contributed by atoms with van der Waals surface area (Å²) >= 11 is 0. The Hall–Kier alpha value is -2.64. The first-order valence-corrected chi connectivity index (χ1v) is 9.93. The Kier molecular flexibility index (Phi) is 7.43. The van der Waals surface area contributed by atoms with E-state index < -0.39 is 5.97 Å². The molecular formula is C22H28N2O5. The molecule has 2 heterocycles. The lowest BCUT2D eigenvalue weighted by atomic mass is 10.1. The number of hydrogen-bond donors (Lipinski definition) is 1. The molecule has 1 N–H and O–H groups in total. The summed E-state index contributed by atoms with van der Waals surface area (Å²) in [7, 11) is 1.60. The SMILES string of the molecule is COc1cc(/C=C(\CCCOC2CCCCO2)C(=O)O)ccc1-n1cnc(C)c1. The molecule has 7 nitrogen and oxygen atoms in total. The second-order valence-corrected chi connectivity index (χ2v) is 7.10. The van der Waals surface area contributed by atoms with E-state index in [4.69, 9.17) is 14.2 Å². The van der Waals surface area contributed by atoms with E-state index >= 15 is 0 Å². The van der Waals surface area contributed by atoms with Crippen molar-refractivity contribution >= 4 is 12.0 Å². The highest BCUT2D eigenvalue weighted by Gasteiger charge is 2.15. The smallest absolute Gasteiger partial charge is 0.331 e. The number of carboxylic acids is 1. The molecule has 1 atom stereocenters. The van der Waals surface area contributed by atoms with Gasteiger partial charge in [0.15, 0.2) is 6.29 Å². The van der Waals surface area contributed by atoms with Crippen LogP contribution in [0.1, 0.15) is 43.4 Å². The standard InChI is InChI=1S/C22H28N2O5/c1-16-14-24(15-23-16)19-9-8-17(13-20(19)27-2)12-18(22(25)26)6-5-11-29-21-7-3-4-10-28-21/h8-9,12-15,21H,3-7,10-11H2,1-2H3,(H,25,26)/b18-12+. The van der Waals surface area contributed by atoms with Crippen molar-refractivity contribution in [2.24, 2.45) is 0 Å². The summed E-state index contributed by atoms with van der Waals surface area (Å²) in [4.78, 5) is 15.9. The molecule has 0 amide bonds. The van der Waals surface area contributed by atoms with Crippen LogP contribution in [0.4, 0.5) is 0 Å². The molecule has 29 heavy (non-hydrogen) atoms. The van der Waals surface area contributed by atoms with Crippen molar-refractivity contribution in [3.63, 3.8) is 0 Å². The molecule has 0 saturated carbocycles. The van der Waals surface area contributed by atoms with Crippen LogP contribution in [0.3, 0.4) is 0 Å². The fourth-order valence-electron chi connectivity index (χ4n) is 3.31. The number of carboxylic acid groups (broad SMARTS) is 1. The van der Waals surface area contributed by atoms with Gasteiger partial charge in [0, 0.05) is 18.4 Å². The normalized spacial score (nSPS) is 17.3. The lowest BCUT2D eigenvalue weighted by molar-refractivity contribution is -0.162. The van der Waals surface area contributed by atoms with Gasteiger partial charge in [-0.25, -0.2) is 9.78 Å². The number of rotatable bonds is 9. The predicted molar refractivity (Wildman–Crippen MR) is 109 cm³/mol. The molecule has 1 saturated heterocycles. The number of benzene rings is 1. The highest BCUT2D eigenvalue weighted by molar-refractivity contribution is 5.92. The molecule has 1 fully saturated rings. The largest absolute Gasteiger partial charge is 0.495 e. The quantitative estimate of drug-likeness (QED) is 0.506. The van der Waals surface area contributed by atoms with Crippen LogP contribution < -0.4 is 4.74 Å². The van der Waals surface area contributed by atoms with E-state index in [2.05, 4.69) is 4.98 Å². The number of aryl methyl sites for hydroxylation is 1. The Morgan fingerprint density at radius 3 is 2.93 bits per heavy atom. The van der Waals surface area contributed by atoms with Gasteiger partial charge in [-0.1, -0.05) is 6.07 Å². The van der Waals surface area contributed by atoms with Gasteiger partial charge >= 0.3 is 5.97 Å². The van der Waals surface area contributed by atoms with Crippen molar-refractivity contribution in [3.05, 3.63) is 47.6 Å². The number of aliphatic carboxylic acids is 1. The average molecular weight is 400 g/mol. The van der Waals surface area contributed by atoms with Crippen LogP contribution in [-0.4, -0.2) is 47.2 Å². The highest BCUT2D eigenvalue weighted by Crippen LogP contribution is 2.26. The van der Waals surface area contributed by atoms with Crippen molar-refractivity contribution in [2.45, 2.75) is 45.3 Å². The minimum absolute atomic E-state index is 0.148. The Morgan fingerprint density at radius 2 is 2.28 bits per heavy atom. The first-order valence-electron chi connectivity index (χ1n) is 9.93. The van der Waals surface area contributed by atoms with Crippen molar-refractivity contribution in [1.29, 1.82) is 0 Å². The van der Waals surface area contributed by atoms with Gasteiger partial charge in [0.25, 0.3) is 0 Å². The average Bonchev–Trinajstić information content (AvgIpc) is 3.16. The summed E-state index contributed by atoms with van der Waals surface area (Å²) < 4.78 is 18.6. The van der Waals surface area contributed by atoms with Crippen LogP contribution in [0, 0.1) is 6.92 Å². The zero-order valence-electron chi connectivity index (χ0n) is 17.0. The number of nitrogens with zero attached hydrogens (tertiary/aromatic N) is 2. The number of aromatic nitrogens is 2. The minimum Gasteiger partial charge on any atom is -0.495 e. The van der Waals surface area contributed by atoms with Crippen molar-refractivity contribution < 1.29 is 24.1 Å². The molecule has 0 aliphatic carbocycles. The van der Waals surface area contributed by atoms with Gasteiger partial charge in [0.1, 0.15) is 5.75 Å². The summed E-state index contributed by atoms with van der Waals surface area (Å²) in [6.45, 7) is 3.14. The van der Waals surface area contributed by atoms with Gasteiger partial charge in [0.2, 0.25) is 0 Å². The molecule has 1 unspecified atom stereocenters. The number of methoxy groups -OCH3 is 1. The summed E-state index contributed by atoms with van der Waals surface area (Å²) in [5, 5.41) is 9.57. The topological polar surface area (TPSA) is 82.8 Å². The fraction of sp³-hybridized carbons (Fsp3) is 0.455. The maximum atomic E-state index is 11.7. The third-order valence-corrected chi connectivity index (χ3v) is 4.84. The predicted octanol–water partition coefficient (Wildman–Crippen LogP) is 3.98. The molecule has 7 heteroatoms. The lowest BCUT2D eigenvalue weighted by Gasteiger charge is -2.22. The van der Waals surface area contributed by atoms with Crippen LogP contribution in [0.5, 0.6) is 5.75 Å². The van der Waals surface area contributed by atoms with Crippen LogP contribution in [0.25, 0.3) is 11.8 Å². The van der Waals surface area contributed by atoms with E-state index in [-0.39, 0.29) is 6.29 Å². The van der Waals surface area contributed by atoms with Gasteiger partial charge in [-0.05, 0) is 62.8 Å². The van der Waals surface area contributed by atoms with Gasteiger partial charge in [-0.3, -0.25) is 0 Å². The molecule has 2 aromatic rings. The Morgan fingerprint density at radius 1 is 1.41 bits per heavy atom. The summed E-state index contributed by atoms with van der Waals surface area (Å²) in [5.74, 6) is -0.272. The van der Waals surface area contributed by atoms with E-state index in [9.17, 15) is 9.90 Å². The molecule has 156 valence electrons. The van der Waals surface area contributed by atoms with Gasteiger partial charge in [0.05, 0.1) is 31.4 Å². The molecule has 0 radical (unpaired) electrons. The van der Waals surface area contributed by atoms with Crippen LogP contribution in [0.2, 0.25) is 0 Å². The van der Waals surface area contributed by atoms with E-state index in [1.165, 1.54) is 0 Å². The van der Waals surface area contributed by atoms with Crippen LogP contribution in [-0.2, 0) is 14.3 Å². The summed E-state index contributed by atoms with van der Waals surface area (Å²) in [6, 6.07) is 5.61. The first kappa shape index (κ1) is 21.1. The first-order chi connectivity index (χ1) is 14.1. The molecule has 1 aromatic carbocycles. The Balaban J connectivity index is 1.65. The van der Waals surface area contributed by atoms with E-state index in [1.54, 1.807) is 19.5 Å². The van der Waals surface area contributed by atoms with E-state index in [0.717, 1.165) is 42.8 Å². The minimum atomic E-state index is -0.924. The van der Waals surface area contributed by atoms with Crippen molar-refractivity contribution in [3.8, 4) is 11.4 Å². The summed E-state index contributed by atoms with van der Waals surface area (Å²) in [5.41, 5.74) is 2.87. The number of hydrogen-bond acceptors (Lipinski definition) is 5. The van der Waals surface area contributed by atoms with Crippen molar-refractivity contribution in [2.75, 3.05) is 20.3 Å². The zero-order valence-corrected chi connectivity index (χ0v) is 17.0. The number of ether oxygens (including phenoxy) is 3. The van der Waals surface area contributed by atoms with E-state index in [1.807, 2.05) is 35.9 Å². The highest BCUT2D eigenvalue weighted by atomic mass is 16.7. The maximum Gasteiger partial charge on any atom is 0.331 e. The third kappa shape index (κ3) is 5.92. The Bertz CT molecular complexity index is 853. The van der Waals surface area contributed by atoms with Crippen molar-refractivity contribution in [1.82, 2.24) is 9.55 Å². The van der Waals surface area contributed by atoms with E-state index in [0.29, 0.717) is 30.8 Å². The molecule has 3 rings (SSSR count). The Labute approximate surface area is 170 Å². The molecule has 1 aliphatic rings. The van der Waals surface area contributed by atoms with Gasteiger partial charge in [-0.2, -0.15) is 0 Å². The fourth-order valence-corrected chi connectivity index (χ4v) is 3.31. The molecule has 0 bridgehead atoms. The van der Waals surface area contributed by atoms with Gasteiger partial charge < -0.3 is 23.9 Å².